The first-order valence-corrected chi connectivity index (χ1v) is 9.44. The average molecular weight is 313 g/mol. The summed E-state index contributed by atoms with van der Waals surface area (Å²) in [5.41, 5.74) is 0. The summed E-state index contributed by atoms with van der Waals surface area (Å²) in [6, 6.07) is 4.39. The Kier molecular flexibility index (Phi) is 5.52. The quantitative estimate of drug-likeness (QED) is 0.874. The van der Waals surface area contributed by atoms with Crippen LogP contribution >= 0.6 is 23.1 Å². The van der Waals surface area contributed by atoms with Crippen LogP contribution in [0.25, 0.3) is 0 Å². The molecule has 0 radical (unpaired) electrons. The summed E-state index contributed by atoms with van der Waals surface area (Å²) >= 11 is 3.56. The number of thiophene rings is 1. The Labute approximate surface area is 130 Å². The Balaban J connectivity index is 2.21. The Morgan fingerprint density at radius 1 is 1.45 bits per heavy atom. The Hall–Kier alpha value is -0.520. The molecule has 0 spiro atoms. The molecule has 1 amide bonds. The molecule has 1 saturated heterocycles. The molecule has 20 heavy (non-hydrogen) atoms. The zero-order valence-electron chi connectivity index (χ0n) is 12.6. The Bertz CT molecular complexity index is 433. The lowest BCUT2D eigenvalue weighted by atomic mass is 10.0. The number of carbonyl (C=O) groups is 1. The topological polar surface area (TPSA) is 32.3 Å². The molecule has 0 aliphatic carbocycles. The summed E-state index contributed by atoms with van der Waals surface area (Å²) in [5.74, 6) is 1.67. The summed E-state index contributed by atoms with van der Waals surface area (Å²) in [6.45, 7) is 6.38. The number of hydrogen-bond acceptors (Lipinski definition) is 4. The van der Waals surface area contributed by atoms with E-state index >= 15 is 0 Å². The SMILES string of the molecule is CSCCC(C)N1C(=O)C(C(C)C)NC1c1cccs1. The molecule has 3 unspecified atom stereocenters. The fourth-order valence-electron chi connectivity index (χ4n) is 2.65. The van der Waals surface area contributed by atoms with Crippen molar-refractivity contribution in [2.45, 2.75) is 45.4 Å². The average Bonchev–Trinajstić information content (AvgIpc) is 3.02. The van der Waals surface area contributed by atoms with Gasteiger partial charge in [-0.3, -0.25) is 10.1 Å². The highest BCUT2D eigenvalue weighted by molar-refractivity contribution is 7.98. The van der Waals surface area contributed by atoms with Crippen LogP contribution in [0.15, 0.2) is 17.5 Å². The third-order valence-corrected chi connectivity index (χ3v) is 5.40. The molecule has 2 heterocycles. The van der Waals surface area contributed by atoms with Gasteiger partial charge in [-0.25, -0.2) is 0 Å². The molecule has 3 nitrogen and oxygen atoms in total. The first kappa shape index (κ1) is 15.9. The Morgan fingerprint density at radius 3 is 2.75 bits per heavy atom. The van der Waals surface area contributed by atoms with E-state index in [0.29, 0.717) is 5.92 Å². The molecule has 3 atom stereocenters. The van der Waals surface area contributed by atoms with Crippen molar-refractivity contribution >= 4 is 29.0 Å². The second-order valence-electron chi connectivity index (χ2n) is 5.68. The molecular formula is C15H24N2OS2. The molecular weight excluding hydrogens is 288 g/mol. The summed E-state index contributed by atoms with van der Waals surface area (Å²) < 4.78 is 0. The number of nitrogens with one attached hydrogen (secondary N) is 1. The van der Waals surface area contributed by atoms with E-state index in [9.17, 15) is 4.79 Å². The maximum atomic E-state index is 12.7. The Morgan fingerprint density at radius 2 is 2.20 bits per heavy atom. The summed E-state index contributed by atoms with van der Waals surface area (Å²) in [4.78, 5) is 16.0. The maximum absolute atomic E-state index is 12.7. The van der Waals surface area contributed by atoms with E-state index in [-0.39, 0.29) is 24.2 Å². The van der Waals surface area contributed by atoms with Crippen LogP contribution in [0.5, 0.6) is 0 Å². The molecule has 1 aromatic rings. The molecule has 1 aliphatic heterocycles. The van der Waals surface area contributed by atoms with Crippen LogP contribution in [0, 0.1) is 5.92 Å². The van der Waals surface area contributed by atoms with Gasteiger partial charge in [0, 0.05) is 10.9 Å². The van der Waals surface area contributed by atoms with Crippen LogP contribution in [0.4, 0.5) is 0 Å². The summed E-state index contributed by atoms with van der Waals surface area (Å²) in [5, 5.41) is 5.61. The van der Waals surface area contributed by atoms with Crippen LogP contribution in [0.2, 0.25) is 0 Å². The minimum Gasteiger partial charge on any atom is -0.318 e. The van der Waals surface area contributed by atoms with E-state index < -0.39 is 0 Å². The lowest BCUT2D eigenvalue weighted by Crippen LogP contribution is -2.39. The molecule has 0 saturated carbocycles. The van der Waals surface area contributed by atoms with E-state index in [1.807, 2.05) is 11.8 Å². The largest absolute Gasteiger partial charge is 0.318 e. The van der Waals surface area contributed by atoms with Crippen molar-refractivity contribution in [1.82, 2.24) is 10.2 Å². The first-order chi connectivity index (χ1) is 9.56. The molecule has 0 bridgehead atoms. The van der Waals surface area contributed by atoms with Gasteiger partial charge in [-0.05, 0) is 42.7 Å². The van der Waals surface area contributed by atoms with Crippen LogP contribution in [0.3, 0.4) is 0 Å². The van der Waals surface area contributed by atoms with E-state index in [1.165, 1.54) is 4.88 Å². The lowest BCUT2D eigenvalue weighted by Gasteiger charge is -2.29. The number of rotatable bonds is 6. The first-order valence-electron chi connectivity index (χ1n) is 7.16. The number of hydrogen-bond donors (Lipinski definition) is 1. The number of thioether (sulfide) groups is 1. The second kappa shape index (κ2) is 6.96. The highest BCUT2D eigenvalue weighted by Crippen LogP contribution is 2.33. The van der Waals surface area contributed by atoms with Crippen molar-refractivity contribution in [3.8, 4) is 0 Å². The van der Waals surface area contributed by atoms with Gasteiger partial charge in [-0.1, -0.05) is 19.9 Å². The summed E-state index contributed by atoms with van der Waals surface area (Å²) in [6.07, 6.45) is 3.21. The molecule has 1 aromatic heterocycles. The van der Waals surface area contributed by atoms with Crippen molar-refractivity contribution in [3.63, 3.8) is 0 Å². The molecule has 1 N–H and O–H groups in total. The number of carbonyl (C=O) groups excluding carboxylic acids is 1. The van der Waals surface area contributed by atoms with E-state index in [0.717, 1.165) is 12.2 Å². The molecule has 112 valence electrons. The minimum atomic E-state index is -0.0566. The van der Waals surface area contributed by atoms with Gasteiger partial charge < -0.3 is 4.90 Å². The van der Waals surface area contributed by atoms with Crippen LogP contribution in [0.1, 0.15) is 38.2 Å². The van der Waals surface area contributed by atoms with Gasteiger partial charge in [-0.15, -0.1) is 11.3 Å². The standard InChI is InChI=1S/C15H24N2OS2/c1-10(2)13-15(18)17(11(3)7-9-19-4)14(16-13)12-6-5-8-20-12/h5-6,8,10-11,13-14,16H,7,9H2,1-4H3. The van der Waals surface area contributed by atoms with Crippen molar-refractivity contribution in [2.24, 2.45) is 5.92 Å². The second-order valence-corrected chi connectivity index (χ2v) is 7.65. The van der Waals surface area contributed by atoms with Gasteiger partial charge in [0.15, 0.2) is 0 Å². The van der Waals surface area contributed by atoms with E-state index in [2.05, 4.69) is 54.8 Å². The van der Waals surface area contributed by atoms with Gasteiger partial charge >= 0.3 is 0 Å². The van der Waals surface area contributed by atoms with Gasteiger partial charge in [0.2, 0.25) is 5.91 Å². The van der Waals surface area contributed by atoms with Gasteiger partial charge in [0.25, 0.3) is 0 Å². The fourth-order valence-corrected chi connectivity index (χ4v) is 4.01. The molecule has 1 aliphatic rings. The molecule has 2 rings (SSSR count). The zero-order chi connectivity index (χ0) is 14.7. The smallest absolute Gasteiger partial charge is 0.241 e. The predicted molar refractivity (Wildman–Crippen MR) is 88.1 cm³/mol. The van der Waals surface area contributed by atoms with E-state index in [1.54, 1.807) is 11.3 Å². The fraction of sp³-hybridized carbons (Fsp3) is 0.667. The zero-order valence-corrected chi connectivity index (χ0v) is 14.3. The van der Waals surface area contributed by atoms with Crippen molar-refractivity contribution < 1.29 is 4.79 Å². The molecule has 0 aromatic carbocycles. The minimum absolute atomic E-state index is 0.0479. The van der Waals surface area contributed by atoms with Crippen LogP contribution in [-0.2, 0) is 4.79 Å². The van der Waals surface area contributed by atoms with Crippen LogP contribution in [-0.4, -0.2) is 34.9 Å². The van der Waals surface area contributed by atoms with Crippen molar-refractivity contribution in [2.75, 3.05) is 12.0 Å². The summed E-state index contributed by atoms with van der Waals surface area (Å²) in [7, 11) is 0. The molecule has 1 fully saturated rings. The highest BCUT2D eigenvalue weighted by atomic mass is 32.2. The van der Waals surface area contributed by atoms with Crippen molar-refractivity contribution in [3.05, 3.63) is 22.4 Å². The third kappa shape index (κ3) is 3.21. The van der Waals surface area contributed by atoms with Gasteiger partial charge in [0.05, 0.1) is 6.04 Å². The predicted octanol–water partition coefficient (Wildman–Crippen LogP) is 3.34. The number of nitrogens with zero attached hydrogens (tertiary/aromatic N) is 1. The van der Waals surface area contributed by atoms with Gasteiger partial charge in [-0.2, -0.15) is 11.8 Å². The number of amides is 1. The van der Waals surface area contributed by atoms with Crippen molar-refractivity contribution in [1.29, 1.82) is 0 Å². The third-order valence-electron chi connectivity index (χ3n) is 3.83. The monoisotopic (exact) mass is 312 g/mol. The van der Waals surface area contributed by atoms with Crippen LogP contribution < -0.4 is 5.32 Å². The van der Waals surface area contributed by atoms with Gasteiger partial charge in [0.1, 0.15) is 6.17 Å². The normalized spacial score (nSPS) is 24.6. The maximum Gasteiger partial charge on any atom is 0.241 e. The lowest BCUT2D eigenvalue weighted by molar-refractivity contribution is -0.132. The highest BCUT2D eigenvalue weighted by Gasteiger charge is 2.43. The molecule has 5 heteroatoms. The van der Waals surface area contributed by atoms with E-state index in [4.69, 9.17) is 0 Å².